The second-order valence-corrected chi connectivity index (χ2v) is 15.9. The first-order valence-electron chi connectivity index (χ1n) is 15.2. The average molecular weight is 611 g/mol. The summed E-state index contributed by atoms with van der Waals surface area (Å²) in [7, 11) is 0. The third-order valence-corrected chi connectivity index (χ3v) is 14.0. The molecule has 212 valence electrons. The fourth-order valence-corrected chi connectivity index (χ4v) is 11.1. The van der Waals surface area contributed by atoms with E-state index in [0.717, 1.165) is 33.1 Å². The maximum atomic E-state index is 6.90. The molecule has 0 radical (unpaired) electrons. The lowest BCUT2D eigenvalue weighted by Gasteiger charge is -2.27. The summed E-state index contributed by atoms with van der Waals surface area (Å²) in [4.78, 5) is 5.31. The summed E-state index contributed by atoms with van der Waals surface area (Å²) >= 11 is 6.90. The minimum Gasteiger partial charge on any atom is -0.292 e. The first-order valence-corrected chi connectivity index (χ1v) is 18.0. The van der Waals surface area contributed by atoms with Crippen molar-refractivity contribution in [3.63, 3.8) is 0 Å². The smallest absolute Gasteiger partial charge is 0.146 e. The Morgan fingerprint density at radius 3 is 1.82 bits per heavy atom. The van der Waals surface area contributed by atoms with Crippen molar-refractivity contribution in [1.82, 2.24) is 9.38 Å². The average Bonchev–Trinajstić information content (AvgIpc) is 3.51. The SMILES string of the molecule is S=P(c1ccccc1)(c1ccccc1)c1ccc2ccccc2c1-c1ccc2c(c1)nc1c3ccccc3c3ccccc3n21. The molecule has 0 aliphatic carbocycles. The zero-order valence-electron chi connectivity index (χ0n) is 24.3. The van der Waals surface area contributed by atoms with Gasteiger partial charge in [0.15, 0.2) is 0 Å². The highest BCUT2D eigenvalue weighted by atomic mass is 32.4. The number of fused-ring (bicyclic) bond motifs is 9. The summed E-state index contributed by atoms with van der Waals surface area (Å²) in [5.41, 5.74) is 6.54. The molecule has 0 bridgehead atoms. The Bertz CT molecular complexity index is 2580. The Morgan fingerprint density at radius 2 is 1.09 bits per heavy atom. The maximum absolute atomic E-state index is 6.90. The number of benzene rings is 7. The Balaban J connectivity index is 1.39. The monoisotopic (exact) mass is 610 g/mol. The summed E-state index contributed by atoms with van der Waals surface area (Å²) in [5.74, 6) is 0. The summed E-state index contributed by atoms with van der Waals surface area (Å²) in [6.07, 6.45) is 0. The molecule has 2 aromatic heterocycles. The Hall–Kier alpha value is -5.08. The van der Waals surface area contributed by atoms with Gasteiger partial charge in [-0.1, -0.05) is 157 Å². The molecule has 0 aliphatic rings. The molecule has 45 heavy (non-hydrogen) atoms. The van der Waals surface area contributed by atoms with E-state index in [4.69, 9.17) is 16.8 Å². The van der Waals surface area contributed by atoms with Crippen LogP contribution in [-0.2, 0) is 11.8 Å². The molecule has 0 saturated heterocycles. The van der Waals surface area contributed by atoms with Crippen molar-refractivity contribution < 1.29 is 0 Å². The Labute approximate surface area is 266 Å². The topological polar surface area (TPSA) is 17.3 Å². The van der Waals surface area contributed by atoms with Crippen molar-refractivity contribution >= 4 is 82.9 Å². The van der Waals surface area contributed by atoms with Crippen LogP contribution in [0.2, 0.25) is 0 Å². The van der Waals surface area contributed by atoms with Crippen LogP contribution in [-0.4, -0.2) is 9.38 Å². The summed E-state index contributed by atoms with van der Waals surface area (Å²) < 4.78 is 2.32. The molecule has 0 N–H and O–H groups in total. The van der Waals surface area contributed by atoms with Gasteiger partial charge in [0.25, 0.3) is 0 Å². The van der Waals surface area contributed by atoms with Crippen LogP contribution < -0.4 is 15.9 Å². The van der Waals surface area contributed by atoms with E-state index in [2.05, 4.69) is 168 Å². The van der Waals surface area contributed by atoms with Gasteiger partial charge in [0.05, 0.1) is 16.6 Å². The van der Waals surface area contributed by atoms with Crippen LogP contribution in [0.15, 0.2) is 164 Å². The third-order valence-electron chi connectivity index (χ3n) is 9.03. The minimum absolute atomic E-state index is 0.973. The summed E-state index contributed by atoms with van der Waals surface area (Å²) in [6.45, 7) is 0. The van der Waals surface area contributed by atoms with Gasteiger partial charge >= 0.3 is 0 Å². The summed E-state index contributed by atoms with van der Waals surface area (Å²) in [5, 5.41) is 9.59. The normalized spacial score (nSPS) is 12.1. The molecular formula is C41H27N2PS. The quantitative estimate of drug-likeness (QED) is 0.146. The number of imidazole rings is 1. The number of hydrogen-bond donors (Lipinski definition) is 0. The Kier molecular flexibility index (Phi) is 5.99. The van der Waals surface area contributed by atoms with Crippen molar-refractivity contribution in [2.24, 2.45) is 0 Å². The van der Waals surface area contributed by atoms with Crippen LogP contribution in [0.25, 0.3) is 60.3 Å². The first kappa shape index (κ1) is 26.3. The molecular weight excluding hydrogens is 584 g/mol. The minimum atomic E-state index is -2.43. The molecule has 0 fully saturated rings. The number of aromatic nitrogens is 2. The zero-order valence-corrected chi connectivity index (χ0v) is 26.0. The molecule has 0 saturated carbocycles. The molecule has 0 amide bonds. The molecule has 0 atom stereocenters. The van der Waals surface area contributed by atoms with E-state index in [-0.39, 0.29) is 0 Å². The number of nitrogens with zero attached hydrogens (tertiary/aromatic N) is 2. The number of pyridine rings is 1. The van der Waals surface area contributed by atoms with Crippen molar-refractivity contribution in [1.29, 1.82) is 0 Å². The molecule has 2 nitrogen and oxygen atoms in total. The zero-order chi connectivity index (χ0) is 30.0. The van der Waals surface area contributed by atoms with Gasteiger partial charge in [-0.15, -0.1) is 0 Å². The van der Waals surface area contributed by atoms with Gasteiger partial charge in [-0.3, -0.25) is 4.40 Å². The van der Waals surface area contributed by atoms with Crippen LogP contribution >= 0.6 is 6.04 Å². The van der Waals surface area contributed by atoms with E-state index in [1.165, 1.54) is 43.0 Å². The van der Waals surface area contributed by atoms with Crippen molar-refractivity contribution in [3.8, 4) is 11.1 Å². The largest absolute Gasteiger partial charge is 0.292 e. The first-order chi connectivity index (χ1) is 22.2. The van der Waals surface area contributed by atoms with Crippen LogP contribution in [0.4, 0.5) is 0 Å². The highest BCUT2D eigenvalue weighted by molar-refractivity contribution is 8.25. The van der Waals surface area contributed by atoms with E-state index in [0.29, 0.717) is 0 Å². The lowest BCUT2D eigenvalue weighted by atomic mass is 9.98. The molecule has 0 spiro atoms. The van der Waals surface area contributed by atoms with Gasteiger partial charge < -0.3 is 0 Å². The van der Waals surface area contributed by atoms with Gasteiger partial charge in [-0.2, -0.15) is 0 Å². The fourth-order valence-electron chi connectivity index (χ4n) is 7.00. The molecule has 4 heteroatoms. The van der Waals surface area contributed by atoms with Gasteiger partial charge in [0, 0.05) is 22.1 Å². The van der Waals surface area contributed by atoms with Crippen LogP contribution in [0.5, 0.6) is 0 Å². The lowest BCUT2D eigenvalue weighted by Crippen LogP contribution is -2.26. The third kappa shape index (κ3) is 3.95. The predicted octanol–water partition coefficient (Wildman–Crippen LogP) is 9.37. The van der Waals surface area contributed by atoms with Gasteiger partial charge in [0.1, 0.15) is 5.65 Å². The van der Waals surface area contributed by atoms with E-state index in [1.54, 1.807) is 0 Å². The van der Waals surface area contributed by atoms with Crippen LogP contribution in [0.1, 0.15) is 0 Å². The van der Waals surface area contributed by atoms with Gasteiger partial charge in [-0.05, 0) is 56.1 Å². The van der Waals surface area contributed by atoms with Crippen molar-refractivity contribution in [3.05, 3.63) is 164 Å². The van der Waals surface area contributed by atoms with Crippen molar-refractivity contribution in [2.75, 3.05) is 0 Å². The summed E-state index contributed by atoms with van der Waals surface area (Å²) in [6, 6.07) is 56.1. The number of hydrogen-bond acceptors (Lipinski definition) is 2. The lowest BCUT2D eigenvalue weighted by molar-refractivity contribution is 1.31. The van der Waals surface area contributed by atoms with Crippen LogP contribution in [0.3, 0.4) is 0 Å². The second-order valence-electron chi connectivity index (χ2n) is 11.5. The van der Waals surface area contributed by atoms with E-state index < -0.39 is 6.04 Å². The fraction of sp³-hybridized carbons (Fsp3) is 0. The van der Waals surface area contributed by atoms with E-state index in [1.807, 2.05) is 0 Å². The molecule has 0 unspecified atom stereocenters. The Morgan fingerprint density at radius 1 is 0.489 bits per heavy atom. The number of para-hydroxylation sites is 1. The van der Waals surface area contributed by atoms with Gasteiger partial charge in [-0.25, -0.2) is 4.98 Å². The van der Waals surface area contributed by atoms with E-state index >= 15 is 0 Å². The highest BCUT2D eigenvalue weighted by Crippen LogP contribution is 2.47. The standard InChI is InChI=1S/C41H27N2PS/c45-44(30-14-3-1-4-15-30,31-16-5-2-6-17-31)39-26-24-28-13-7-8-18-32(28)40(39)29-23-25-38-36(27-29)42-41-35-21-10-9-19-33(35)34-20-11-12-22-37(34)43(38)41/h1-27H. The maximum Gasteiger partial charge on any atom is 0.146 e. The molecule has 0 aliphatic heterocycles. The van der Waals surface area contributed by atoms with Crippen LogP contribution in [0, 0.1) is 0 Å². The predicted molar refractivity (Wildman–Crippen MR) is 197 cm³/mol. The van der Waals surface area contributed by atoms with Crippen molar-refractivity contribution in [2.45, 2.75) is 0 Å². The molecule has 2 heterocycles. The molecule has 9 aromatic rings. The van der Waals surface area contributed by atoms with Gasteiger partial charge in [0.2, 0.25) is 0 Å². The van der Waals surface area contributed by atoms with E-state index in [9.17, 15) is 0 Å². The molecule has 7 aromatic carbocycles. The highest BCUT2D eigenvalue weighted by Gasteiger charge is 2.29. The number of rotatable bonds is 4. The second kappa shape index (κ2) is 10.2. The molecule has 9 rings (SSSR count).